The SMILES string of the molecule is COc1ccc(NC(=O)C2CSCN2C(=O)Cc2csc(-c3ccsc3)n2)cc1. The summed E-state index contributed by atoms with van der Waals surface area (Å²) in [6, 6.07) is 8.68. The zero-order valence-corrected chi connectivity index (χ0v) is 18.1. The van der Waals surface area contributed by atoms with E-state index in [-0.39, 0.29) is 18.2 Å². The van der Waals surface area contributed by atoms with Crippen molar-refractivity contribution in [3.05, 3.63) is 52.2 Å². The van der Waals surface area contributed by atoms with E-state index in [4.69, 9.17) is 4.74 Å². The van der Waals surface area contributed by atoms with Crippen LogP contribution in [0.25, 0.3) is 10.6 Å². The smallest absolute Gasteiger partial charge is 0.248 e. The lowest BCUT2D eigenvalue weighted by Crippen LogP contribution is -2.45. The molecule has 0 aliphatic carbocycles. The lowest BCUT2D eigenvalue weighted by atomic mass is 10.2. The number of nitrogens with one attached hydrogen (secondary N) is 1. The highest BCUT2D eigenvalue weighted by Crippen LogP contribution is 2.27. The summed E-state index contributed by atoms with van der Waals surface area (Å²) < 4.78 is 5.13. The Kier molecular flexibility index (Phi) is 6.17. The number of nitrogens with zero attached hydrogens (tertiary/aromatic N) is 2. The number of amides is 2. The number of carbonyl (C=O) groups excluding carboxylic acids is 2. The minimum absolute atomic E-state index is 0.0768. The molecular weight excluding hydrogens is 426 g/mol. The first kappa shape index (κ1) is 19.9. The van der Waals surface area contributed by atoms with Gasteiger partial charge in [0.05, 0.1) is 25.1 Å². The van der Waals surface area contributed by atoms with Crippen LogP contribution in [0.1, 0.15) is 5.69 Å². The van der Waals surface area contributed by atoms with Crippen LogP contribution in [0, 0.1) is 0 Å². The van der Waals surface area contributed by atoms with Crippen molar-refractivity contribution >= 4 is 51.9 Å². The van der Waals surface area contributed by atoms with E-state index in [1.165, 1.54) is 11.3 Å². The summed E-state index contributed by atoms with van der Waals surface area (Å²) >= 11 is 4.74. The molecule has 150 valence electrons. The van der Waals surface area contributed by atoms with Gasteiger partial charge in [-0.05, 0) is 35.7 Å². The minimum Gasteiger partial charge on any atom is -0.497 e. The van der Waals surface area contributed by atoms with Gasteiger partial charge in [-0.25, -0.2) is 4.98 Å². The number of hydrogen-bond donors (Lipinski definition) is 1. The van der Waals surface area contributed by atoms with Crippen LogP contribution < -0.4 is 10.1 Å². The van der Waals surface area contributed by atoms with Crippen molar-refractivity contribution in [3.63, 3.8) is 0 Å². The van der Waals surface area contributed by atoms with Crippen molar-refractivity contribution in [3.8, 4) is 16.3 Å². The van der Waals surface area contributed by atoms with E-state index in [0.29, 0.717) is 17.3 Å². The summed E-state index contributed by atoms with van der Waals surface area (Å²) in [5.74, 6) is 1.57. The molecule has 2 amide bonds. The molecule has 1 fully saturated rings. The third-order valence-corrected chi connectivity index (χ3v) is 7.15. The first-order valence-corrected chi connectivity index (χ1v) is 11.9. The molecule has 1 aliphatic heterocycles. The molecule has 1 N–H and O–H groups in total. The minimum atomic E-state index is -0.482. The fourth-order valence-corrected chi connectivity index (χ4v) is 5.68. The van der Waals surface area contributed by atoms with Gasteiger partial charge in [0.2, 0.25) is 11.8 Å². The van der Waals surface area contributed by atoms with Crippen LogP contribution in [-0.4, -0.2) is 46.5 Å². The number of methoxy groups -OCH3 is 1. The summed E-state index contributed by atoms with van der Waals surface area (Å²) in [7, 11) is 1.60. The van der Waals surface area contributed by atoms with Crippen molar-refractivity contribution in [2.75, 3.05) is 24.1 Å². The van der Waals surface area contributed by atoms with E-state index in [2.05, 4.69) is 10.3 Å². The molecule has 2 aromatic heterocycles. The second kappa shape index (κ2) is 8.98. The molecule has 0 spiro atoms. The lowest BCUT2D eigenvalue weighted by molar-refractivity contribution is -0.135. The van der Waals surface area contributed by atoms with Gasteiger partial charge in [-0.3, -0.25) is 9.59 Å². The average Bonchev–Trinajstić information content (AvgIpc) is 3.48. The predicted octanol–water partition coefficient (Wildman–Crippen LogP) is 3.96. The molecule has 0 saturated carbocycles. The number of thiazole rings is 1. The zero-order chi connectivity index (χ0) is 20.2. The molecule has 3 heterocycles. The summed E-state index contributed by atoms with van der Waals surface area (Å²) in [5, 5.41) is 9.78. The molecule has 4 rings (SSSR count). The van der Waals surface area contributed by atoms with Crippen LogP contribution in [0.15, 0.2) is 46.5 Å². The number of anilines is 1. The maximum absolute atomic E-state index is 12.8. The molecule has 0 bridgehead atoms. The van der Waals surface area contributed by atoms with Gasteiger partial charge in [0.1, 0.15) is 16.8 Å². The van der Waals surface area contributed by atoms with Gasteiger partial charge in [-0.15, -0.1) is 23.1 Å². The molecule has 1 aromatic carbocycles. The molecule has 6 nitrogen and oxygen atoms in total. The van der Waals surface area contributed by atoms with Crippen LogP contribution in [0.4, 0.5) is 5.69 Å². The Labute approximate surface area is 180 Å². The maximum Gasteiger partial charge on any atom is 0.248 e. The fraction of sp³-hybridized carbons (Fsp3) is 0.250. The lowest BCUT2D eigenvalue weighted by Gasteiger charge is -2.23. The summed E-state index contributed by atoms with van der Waals surface area (Å²) in [6.45, 7) is 0. The highest BCUT2D eigenvalue weighted by Gasteiger charge is 2.34. The molecular formula is C20H19N3O3S3. The normalized spacial score (nSPS) is 16.0. The van der Waals surface area contributed by atoms with Gasteiger partial charge >= 0.3 is 0 Å². The van der Waals surface area contributed by atoms with Crippen LogP contribution in [-0.2, 0) is 16.0 Å². The highest BCUT2D eigenvalue weighted by atomic mass is 32.2. The monoisotopic (exact) mass is 445 g/mol. The van der Waals surface area contributed by atoms with Crippen LogP contribution >= 0.6 is 34.4 Å². The first-order valence-electron chi connectivity index (χ1n) is 8.93. The van der Waals surface area contributed by atoms with Gasteiger partial charge in [0.25, 0.3) is 0 Å². The topological polar surface area (TPSA) is 71.5 Å². The fourth-order valence-electron chi connectivity index (χ4n) is 2.97. The van der Waals surface area contributed by atoms with Crippen molar-refractivity contribution in [2.24, 2.45) is 0 Å². The Morgan fingerprint density at radius 3 is 2.79 bits per heavy atom. The molecule has 3 aromatic rings. The van der Waals surface area contributed by atoms with Gasteiger partial charge in [-0.1, -0.05) is 0 Å². The predicted molar refractivity (Wildman–Crippen MR) is 119 cm³/mol. The summed E-state index contributed by atoms with van der Waals surface area (Å²) in [5.41, 5.74) is 2.50. The molecule has 1 atom stereocenters. The number of thioether (sulfide) groups is 1. The Morgan fingerprint density at radius 2 is 2.07 bits per heavy atom. The van der Waals surface area contributed by atoms with Crippen molar-refractivity contribution < 1.29 is 14.3 Å². The molecule has 0 radical (unpaired) electrons. The summed E-state index contributed by atoms with van der Waals surface area (Å²) in [4.78, 5) is 31.8. The van der Waals surface area contributed by atoms with Crippen molar-refractivity contribution in [2.45, 2.75) is 12.5 Å². The van der Waals surface area contributed by atoms with E-state index in [1.807, 2.05) is 22.2 Å². The summed E-state index contributed by atoms with van der Waals surface area (Å²) in [6.07, 6.45) is 0.202. The largest absolute Gasteiger partial charge is 0.497 e. The second-order valence-corrected chi connectivity index (χ2v) is 9.07. The third kappa shape index (κ3) is 4.63. The Bertz CT molecular complexity index is 986. The van der Waals surface area contributed by atoms with Gasteiger partial charge in [0.15, 0.2) is 0 Å². The van der Waals surface area contributed by atoms with E-state index in [9.17, 15) is 9.59 Å². The van der Waals surface area contributed by atoms with Crippen LogP contribution in [0.3, 0.4) is 0 Å². The van der Waals surface area contributed by atoms with E-state index in [1.54, 1.807) is 59.4 Å². The number of benzene rings is 1. The van der Waals surface area contributed by atoms with E-state index >= 15 is 0 Å². The number of carbonyl (C=O) groups is 2. The molecule has 1 unspecified atom stereocenters. The average molecular weight is 446 g/mol. The number of hydrogen-bond acceptors (Lipinski definition) is 7. The molecule has 29 heavy (non-hydrogen) atoms. The zero-order valence-electron chi connectivity index (χ0n) is 15.7. The molecule has 9 heteroatoms. The van der Waals surface area contributed by atoms with Crippen LogP contribution in [0.5, 0.6) is 5.75 Å². The Hall–Kier alpha value is -2.36. The van der Waals surface area contributed by atoms with Crippen LogP contribution in [0.2, 0.25) is 0 Å². The standard InChI is InChI=1S/C20H19N3O3S3/c1-26-16-4-2-14(3-5-16)21-19(25)17-11-28-12-23(17)18(24)8-15-10-29-20(22-15)13-6-7-27-9-13/h2-7,9-10,17H,8,11-12H2,1H3,(H,21,25). The number of aromatic nitrogens is 1. The number of thiophene rings is 1. The van der Waals surface area contributed by atoms with E-state index in [0.717, 1.165) is 22.0 Å². The third-order valence-electron chi connectivity index (χ3n) is 4.52. The number of rotatable bonds is 6. The Balaban J connectivity index is 1.39. The van der Waals surface area contributed by atoms with Gasteiger partial charge < -0.3 is 15.0 Å². The van der Waals surface area contributed by atoms with Crippen molar-refractivity contribution in [1.29, 1.82) is 0 Å². The first-order chi connectivity index (χ1) is 14.1. The Morgan fingerprint density at radius 1 is 1.24 bits per heavy atom. The van der Waals surface area contributed by atoms with Gasteiger partial charge in [-0.2, -0.15) is 11.3 Å². The quantitative estimate of drug-likeness (QED) is 0.622. The molecule has 1 aliphatic rings. The second-order valence-electron chi connectivity index (χ2n) is 6.43. The molecule has 1 saturated heterocycles. The van der Waals surface area contributed by atoms with Crippen molar-refractivity contribution in [1.82, 2.24) is 9.88 Å². The van der Waals surface area contributed by atoms with E-state index < -0.39 is 6.04 Å². The highest BCUT2D eigenvalue weighted by molar-refractivity contribution is 7.99. The van der Waals surface area contributed by atoms with Gasteiger partial charge in [0, 0.05) is 27.8 Å². The number of ether oxygens (including phenoxy) is 1. The maximum atomic E-state index is 12.8.